The lowest BCUT2D eigenvalue weighted by Crippen LogP contribution is -2.29. The van der Waals surface area contributed by atoms with Crippen LogP contribution < -0.4 is 9.64 Å². The van der Waals surface area contributed by atoms with E-state index in [1.54, 1.807) is 36.4 Å². The minimum atomic E-state index is -1.02. The Morgan fingerprint density at radius 3 is 2.27 bits per heavy atom. The Hall–Kier alpha value is -3.35. The summed E-state index contributed by atoms with van der Waals surface area (Å²) in [4.78, 5) is 27.9. The quantitative estimate of drug-likeness (QED) is 0.207. The van der Waals surface area contributed by atoms with Gasteiger partial charge < -0.3 is 9.84 Å². The van der Waals surface area contributed by atoms with Gasteiger partial charge in [0.2, 0.25) is 0 Å². The Morgan fingerprint density at radius 2 is 1.68 bits per heavy atom. The van der Waals surface area contributed by atoms with Crippen LogP contribution in [0.3, 0.4) is 0 Å². The van der Waals surface area contributed by atoms with Crippen LogP contribution >= 0.6 is 23.2 Å². The maximum Gasteiger partial charge on any atom is 0.300 e. The molecule has 1 amide bonds. The predicted molar refractivity (Wildman–Crippen MR) is 144 cm³/mol. The Balaban J connectivity index is 1.96. The first-order valence-corrected chi connectivity index (χ1v) is 12.5. The second-order valence-electron chi connectivity index (χ2n) is 9.71. The molecule has 1 unspecified atom stereocenters. The fourth-order valence-electron chi connectivity index (χ4n) is 4.40. The molecular weight excluding hydrogens is 516 g/mol. The summed E-state index contributed by atoms with van der Waals surface area (Å²) in [5.41, 5.74) is 1.50. The van der Waals surface area contributed by atoms with Crippen LogP contribution in [0.25, 0.3) is 5.76 Å². The highest BCUT2D eigenvalue weighted by Crippen LogP contribution is 2.44. The molecule has 3 aromatic rings. The summed E-state index contributed by atoms with van der Waals surface area (Å²) in [6.45, 7) is 8.39. The van der Waals surface area contributed by atoms with Gasteiger partial charge in [0, 0.05) is 16.8 Å². The van der Waals surface area contributed by atoms with Crippen molar-refractivity contribution in [2.24, 2.45) is 0 Å². The van der Waals surface area contributed by atoms with Gasteiger partial charge in [0.1, 0.15) is 17.3 Å². The van der Waals surface area contributed by atoms with Gasteiger partial charge >= 0.3 is 0 Å². The number of aliphatic hydroxyl groups is 1. The van der Waals surface area contributed by atoms with E-state index in [0.717, 1.165) is 5.56 Å². The molecule has 1 aliphatic heterocycles. The Kier molecular flexibility index (Phi) is 7.36. The summed E-state index contributed by atoms with van der Waals surface area (Å²) in [5.74, 6) is -1.89. The molecule has 1 atom stereocenters. The van der Waals surface area contributed by atoms with Crippen LogP contribution in [0.2, 0.25) is 10.0 Å². The van der Waals surface area contributed by atoms with Gasteiger partial charge in [0.25, 0.3) is 11.7 Å². The van der Waals surface area contributed by atoms with Gasteiger partial charge in [0.05, 0.1) is 28.3 Å². The summed E-state index contributed by atoms with van der Waals surface area (Å²) >= 11 is 12.4. The SMILES string of the molecule is CCOc1ccc(/C(O)=C2/C(=O)C(=O)N(c3ccc(F)cc3)C2c2ccc(Cl)c(Cl)c2)cc1C(C)(C)C. The Labute approximate surface area is 225 Å². The average Bonchev–Trinajstić information content (AvgIpc) is 3.11. The van der Waals surface area contributed by atoms with Crippen LogP contribution in [0.15, 0.2) is 66.2 Å². The molecule has 0 bridgehead atoms. The molecule has 1 fully saturated rings. The van der Waals surface area contributed by atoms with Crippen LogP contribution in [0.5, 0.6) is 5.75 Å². The number of carbonyl (C=O) groups is 2. The number of halogens is 3. The topological polar surface area (TPSA) is 66.8 Å². The van der Waals surface area contributed by atoms with Gasteiger partial charge in [0.15, 0.2) is 0 Å². The normalized spacial score (nSPS) is 17.4. The minimum Gasteiger partial charge on any atom is -0.507 e. The molecule has 0 spiro atoms. The third-order valence-electron chi connectivity index (χ3n) is 6.17. The number of ketones is 1. The zero-order valence-electron chi connectivity index (χ0n) is 20.8. The van der Waals surface area contributed by atoms with Gasteiger partial charge in [-0.05, 0) is 72.5 Å². The van der Waals surface area contributed by atoms with Crippen LogP contribution in [-0.4, -0.2) is 23.4 Å². The molecule has 5 nitrogen and oxygen atoms in total. The molecule has 192 valence electrons. The van der Waals surface area contributed by atoms with E-state index in [-0.39, 0.29) is 21.8 Å². The summed E-state index contributed by atoms with van der Waals surface area (Å²) in [5, 5.41) is 12.0. The molecule has 1 aliphatic rings. The lowest BCUT2D eigenvalue weighted by Gasteiger charge is -2.26. The highest BCUT2D eigenvalue weighted by Gasteiger charge is 2.47. The van der Waals surface area contributed by atoms with Crippen molar-refractivity contribution in [1.82, 2.24) is 0 Å². The zero-order valence-corrected chi connectivity index (χ0v) is 22.3. The van der Waals surface area contributed by atoms with Crippen LogP contribution in [-0.2, 0) is 15.0 Å². The van der Waals surface area contributed by atoms with Crippen LogP contribution in [0, 0.1) is 5.82 Å². The highest BCUT2D eigenvalue weighted by atomic mass is 35.5. The van der Waals surface area contributed by atoms with Crippen molar-refractivity contribution in [2.45, 2.75) is 39.2 Å². The van der Waals surface area contributed by atoms with E-state index in [0.29, 0.717) is 34.2 Å². The molecular formula is C29H26Cl2FNO4. The molecule has 1 saturated heterocycles. The fraction of sp³-hybridized carbons (Fsp3) is 0.241. The van der Waals surface area contributed by atoms with Gasteiger partial charge in [-0.1, -0.05) is 50.0 Å². The van der Waals surface area contributed by atoms with E-state index in [1.165, 1.54) is 29.2 Å². The van der Waals surface area contributed by atoms with Crippen LogP contribution in [0.4, 0.5) is 10.1 Å². The zero-order chi connectivity index (χ0) is 27.1. The number of nitrogens with zero attached hydrogens (tertiary/aromatic N) is 1. The lowest BCUT2D eigenvalue weighted by atomic mass is 9.84. The van der Waals surface area contributed by atoms with Crippen molar-refractivity contribution in [3.05, 3.63) is 98.8 Å². The number of anilines is 1. The molecule has 0 radical (unpaired) electrons. The largest absolute Gasteiger partial charge is 0.507 e. The summed E-state index contributed by atoms with van der Waals surface area (Å²) < 4.78 is 19.4. The van der Waals surface area contributed by atoms with Crippen molar-refractivity contribution in [3.8, 4) is 5.75 Å². The number of benzene rings is 3. The smallest absolute Gasteiger partial charge is 0.300 e. The number of rotatable bonds is 5. The first-order valence-electron chi connectivity index (χ1n) is 11.7. The number of amides is 1. The van der Waals surface area contributed by atoms with E-state index < -0.39 is 23.5 Å². The van der Waals surface area contributed by atoms with Crippen molar-refractivity contribution in [1.29, 1.82) is 0 Å². The minimum absolute atomic E-state index is 0.114. The van der Waals surface area contributed by atoms with E-state index in [1.807, 2.05) is 27.7 Å². The van der Waals surface area contributed by atoms with Crippen molar-refractivity contribution in [2.75, 3.05) is 11.5 Å². The fourth-order valence-corrected chi connectivity index (χ4v) is 4.71. The number of Topliss-reactive ketones (excluding diaryl/α,β-unsaturated/α-hetero) is 1. The third-order valence-corrected chi connectivity index (χ3v) is 6.91. The molecule has 1 heterocycles. The second-order valence-corrected chi connectivity index (χ2v) is 10.5. The van der Waals surface area contributed by atoms with Crippen molar-refractivity contribution < 1.29 is 23.8 Å². The van der Waals surface area contributed by atoms with Crippen molar-refractivity contribution in [3.63, 3.8) is 0 Å². The number of hydrogen-bond donors (Lipinski definition) is 1. The lowest BCUT2D eigenvalue weighted by molar-refractivity contribution is -0.132. The molecule has 0 aromatic heterocycles. The van der Waals surface area contributed by atoms with Crippen molar-refractivity contribution >= 4 is 46.3 Å². The summed E-state index contributed by atoms with van der Waals surface area (Å²) in [6, 6.07) is 14.1. The summed E-state index contributed by atoms with van der Waals surface area (Å²) in [6.07, 6.45) is 0. The Morgan fingerprint density at radius 1 is 1.00 bits per heavy atom. The number of aliphatic hydroxyl groups excluding tert-OH is 1. The number of carbonyl (C=O) groups excluding carboxylic acids is 2. The van der Waals surface area contributed by atoms with Gasteiger partial charge in [-0.25, -0.2) is 4.39 Å². The van der Waals surface area contributed by atoms with Gasteiger partial charge in [-0.15, -0.1) is 0 Å². The molecule has 0 saturated carbocycles. The first-order chi connectivity index (χ1) is 17.4. The van der Waals surface area contributed by atoms with E-state index in [4.69, 9.17) is 27.9 Å². The molecule has 1 N–H and O–H groups in total. The molecule has 4 rings (SSSR count). The van der Waals surface area contributed by atoms with E-state index >= 15 is 0 Å². The highest BCUT2D eigenvalue weighted by molar-refractivity contribution is 6.51. The average molecular weight is 542 g/mol. The maximum absolute atomic E-state index is 13.7. The van der Waals surface area contributed by atoms with Gasteiger partial charge in [-0.2, -0.15) is 0 Å². The molecule has 8 heteroatoms. The first kappa shape index (κ1) is 26.7. The molecule has 3 aromatic carbocycles. The third kappa shape index (κ3) is 5.09. The van der Waals surface area contributed by atoms with E-state index in [2.05, 4.69) is 0 Å². The molecule has 0 aliphatic carbocycles. The molecule has 37 heavy (non-hydrogen) atoms. The predicted octanol–water partition coefficient (Wildman–Crippen LogP) is 7.46. The monoisotopic (exact) mass is 541 g/mol. The standard InChI is InChI=1S/C29H26Cl2FNO4/c1-5-37-23-13-7-17(14-20(23)29(2,3)4)26(34)24-25(16-6-12-21(30)22(31)15-16)33(28(36)27(24)35)19-10-8-18(32)9-11-19/h6-15,25,34H,5H2,1-4H3/b26-24-. The van der Waals surface area contributed by atoms with E-state index in [9.17, 15) is 19.1 Å². The van der Waals surface area contributed by atoms with Gasteiger partial charge in [-0.3, -0.25) is 14.5 Å². The number of hydrogen-bond acceptors (Lipinski definition) is 4. The number of ether oxygens (including phenoxy) is 1. The summed E-state index contributed by atoms with van der Waals surface area (Å²) in [7, 11) is 0. The maximum atomic E-state index is 13.7. The Bertz CT molecular complexity index is 1410. The second kappa shape index (κ2) is 10.2. The van der Waals surface area contributed by atoms with Crippen LogP contribution in [0.1, 0.15) is 50.4 Å².